The van der Waals surface area contributed by atoms with Gasteiger partial charge in [0.05, 0.1) is 0 Å². The minimum atomic E-state index is -0.273. The summed E-state index contributed by atoms with van der Waals surface area (Å²) in [6.45, 7) is 10.6. The number of aryl methyl sites for hydroxylation is 2. The van der Waals surface area contributed by atoms with Gasteiger partial charge < -0.3 is 19.1 Å². The predicted octanol–water partition coefficient (Wildman–Crippen LogP) is 12.5. The van der Waals surface area contributed by atoms with Crippen LogP contribution in [0.3, 0.4) is 0 Å². The van der Waals surface area contributed by atoms with Crippen LogP contribution in [0.5, 0.6) is 11.5 Å². The maximum atomic E-state index is 13.9. The number of pyridine rings is 1. The van der Waals surface area contributed by atoms with Crippen LogP contribution in [0, 0.1) is 38.5 Å². The van der Waals surface area contributed by atoms with E-state index in [0.717, 1.165) is 61.5 Å². The zero-order valence-corrected chi connectivity index (χ0v) is 32.5. The molecule has 0 saturated carbocycles. The molecule has 0 amide bonds. The molecule has 0 aliphatic carbocycles. The maximum Gasteiger partial charge on any atom is 0.135 e. The van der Waals surface area contributed by atoms with Gasteiger partial charge in [0.1, 0.15) is 11.6 Å². The predicted molar refractivity (Wildman–Crippen MR) is 213 cm³/mol. The van der Waals surface area contributed by atoms with Crippen molar-refractivity contribution in [1.29, 1.82) is 0 Å². The maximum absolute atomic E-state index is 13.9. The van der Waals surface area contributed by atoms with Crippen molar-refractivity contribution in [1.82, 2.24) is 9.55 Å². The van der Waals surface area contributed by atoms with Crippen LogP contribution < -0.4 is 14.5 Å². The Balaban J connectivity index is 0.00000413. The van der Waals surface area contributed by atoms with Crippen LogP contribution in [0.2, 0.25) is 0 Å². The number of hydrogen-bond acceptors (Lipinski definition) is 4. The van der Waals surface area contributed by atoms with Gasteiger partial charge in [-0.1, -0.05) is 79.0 Å². The van der Waals surface area contributed by atoms with E-state index in [1.165, 1.54) is 28.8 Å². The molecule has 2 aromatic heterocycles. The Bertz CT molecular complexity index is 2650. The van der Waals surface area contributed by atoms with Gasteiger partial charge in [0.2, 0.25) is 0 Å². The first-order valence-electron chi connectivity index (χ1n) is 17.8. The third-order valence-corrected chi connectivity index (χ3v) is 9.82. The van der Waals surface area contributed by atoms with E-state index >= 15 is 0 Å². The standard InChI is InChI=1S/C47H36FN4O.Pt/c1-30(2)33-19-20-49-47(26-33)52-43-10-6-5-9-41(43)42-18-17-39(28-46(42)52)53-40-25-35(34-22-31(3)21-32(4)23-34)24-38(27-40)51-29-50(37-15-13-36(48)14-16-37)44-11-7-8-12-45(44)51;/h5-26,29-30H,1-4H3;/q-3;. The summed E-state index contributed by atoms with van der Waals surface area (Å²) in [5, 5.41) is 2.20. The Morgan fingerprint density at radius 2 is 1.39 bits per heavy atom. The number of anilines is 4. The molecule has 7 heteroatoms. The SMILES string of the molecule is Cc1cc(C)cc(-c2cc(Oc3[c-]c4c(cc3)c3ccccc3n4-c3cc(C(C)C)ccn3)[c-]c(N3[CH-]N(c4ccc(F)cc4)c4ccccc43)c2)c1.[Pt]. The van der Waals surface area contributed by atoms with Gasteiger partial charge in [-0.2, -0.15) is 6.07 Å². The Hall–Kier alpha value is -5.71. The van der Waals surface area contributed by atoms with Gasteiger partial charge in [0, 0.05) is 61.3 Å². The fraction of sp³-hybridized carbons (Fsp3) is 0.106. The first-order chi connectivity index (χ1) is 25.8. The second kappa shape index (κ2) is 14.3. The Labute approximate surface area is 329 Å². The fourth-order valence-corrected chi connectivity index (χ4v) is 7.34. The monoisotopic (exact) mass is 886 g/mol. The van der Waals surface area contributed by atoms with Crippen LogP contribution in [0.25, 0.3) is 38.8 Å². The number of benzene rings is 6. The Kier molecular flexibility index (Phi) is 9.33. The number of halogens is 1. The first kappa shape index (κ1) is 35.3. The van der Waals surface area contributed by atoms with Gasteiger partial charge >= 0.3 is 0 Å². The molecular weight excluding hydrogens is 851 g/mol. The van der Waals surface area contributed by atoms with E-state index in [9.17, 15) is 4.39 Å². The summed E-state index contributed by atoms with van der Waals surface area (Å²) in [5.41, 5.74) is 11.2. The molecule has 0 fully saturated rings. The van der Waals surface area contributed by atoms with Crippen molar-refractivity contribution in [3.8, 4) is 28.4 Å². The van der Waals surface area contributed by atoms with Crippen molar-refractivity contribution in [3.05, 3.63) is 175 Å². The number of nitrogens with zero attached hydrogens (tertiary/aromatic N) is 4. The van der Waals surface area contributed by atoms with E-state index in [2.05, 4.69) is 133 Å². The molecule has 1 aliphatic rings. The average Bonchev–Trinajstić information content (AvgIpc) is 3.71. The number of rotatable bonds is 7. The van der Waals surface area contributed by atoms with E-state index in [0.29, 0.717) is 17.4 Å². The third-order valence-electron chi connectivity index (χ3n) is 9.82. The molecule has 270 valence electrons. The van der Waals surface area contributed by atoms with Crippen LogP contribution in [0.4, 0.5) is 27.1 Å². The summed E-state index contributed by atoms with van der Waals surface area (Å²) in [6, 6.07) is 49.4. The zero-order valence-electron chi connectivity index (χ0n) is 30.2. The molecule has 8 aromatic rings. The van der Waals surface area contributed by atoms with E-state index in [4.69, 9.17) is 9.72 Å². The Morgan fingerprint density at radius 1 is 0.685 bits per heavy atom. The summed E-state index contributed by atoms with van der Waals surface area (Å²) >= 11 is 0. The normalized spacial score (nSPS) is 12.4. The molecule has 9 rings (SSSR count). The molecule has 0 bridgehead atoms. The molecule has 0 N–H and O–H groups in total. The summed E-state index contributed by atoms with van der Waals surface area (Å²) in [6.07, 6.45) is 1.88. The topological polar surface area (TPSA) is 33.5 Å². The molecule has 0 saturated heterocycles. The van der Waals surface area contributed by atoms with Gasteiger partial charge in [-0.3, -0.25) is 0 Å². The number of ether oxygens (including phenoxy) is 1. The van der Waals surface area contributed by atoms with Crippen LogP contribution in [-0.4, -0.2) is 9.55 Å². The molecule has 0 atom stereocenters. The van der Waals surface area contributed by atoms with Crippen LogP contribution in [-0.2, 0) is 21.1 Å². The summed E-state index contributed by atoms with van der Waals surface area (Å²) in [4.78, 5) is 8.98. The molecule has 0 spiro atoms. The minimum absolute atomic E-state index is 0. The molecule has 54 heavy (non-hydrogen) atoms. The quantitative estimate of drug-likeness (QED) is 0.149. The molecule has 0 unspecified atom stereocenters. The minimum Gasteiger partial charge on any atom is -0.509 e. The third kappa shape index (κ3) is 6.45. The summed E-state index contributed by atoms with van der Waals surface area (Å²) < 4.78 is 22.8. The molecule has 1 aliphatic heterocycles. The van der Waals surface area contributed by atoms with E-state index < -0.39 is 0 Å². The van der Waals surface area contributed by atoms with E-state index in [1.807, 2.05) is 37.1 Å². The largest absolute Gasteiger partial charge is 0.509 e. The van der Waals surface area contributed by atoms with Gasteiger partial charge in [-0.25, -0.2) is 9.37 Å². The molecular formula is C47H36FN4OPt-3. The van der Waals surface area contributed by atoms with E-state index in [1.54, 1.807) is 12.1 Å². The number of hydrogen-bond donors (Lipinski definition) is 0. The number of fused-ring (bicyclic) bond motifs is 4. The van der Waals surface area contributed by atoms with Gasteiger partial charge in [-0.05, 0) is 90.9 Å². The first-order valence-corrected chi connectivity index (χ1v) is 17.8. The number of aromatic nitrogens is 2. The average molecular weight is 887 g/mol. The van der Waals surface area contributed by atoms with Crippen LogP contribution in [0.15, 0.2) is 134 Å². The molecule has 3 heterocycles. The van der Waals surface area contributed by atoms with Gasteiger partial charge in [0.25, 0.3) is 0 Å². The molecule has 6 aromatic carbocycles. The van der Waals surface area contributed by atoms with Crippen LogP contribution >= 0.6 is 0 Å². The smallest absolute Gasteiger partial charge is 0.135 e. The zero-order chi connectivity index (χ0) is 36.2. The Morgan fingerprint density at radius 3 is 2.15 bits per heavy atom. The van der Waals surface area contributed by atoms with Gasteiger partial charge in [0.15, 0.2) is 0 Å². The fourth-order valence-electron chi connectivity index (χ4n) is 7.34. The van der Waals surface area contributed by atoms with Crippen molar-refractivity contribution >= 4 is 44.6 Å². The van der Waals surface area contributed by atoms with Crippen molar-refractivity contribution in [2.75, 3.05) is 9.80 Å². The second-order valence-corrected chi connectivity index (χ2v) is 14.0. The van der Waals surface area contributed by atoms with Crippen molar-refractivity contribution in [3.63, 3.8) is 0 Å². The molecule has 5 nitrogen and oxygen atoms in total. The van der Waals surface area contributed by atoms with Crippen molar-refractivity contribution < 1.29 is 30.2 Å². The number of para-hydroxylation sites is 3. The van der Waals surface area contributed by atoms with Crippen LogP contribution in [0.1, 0.15) is 36.5 Å². The second-order valence-electron chi connectivity index (χ2n) is 14.0. The van der Waals surface area contributed by atoms with Gasteiger partial charge in [-0.15, -0.1) is 53.6 Å². The van der Waals surface area contributed by atoms with E-state index in [-0.39, 0.29) is 26.9 Å². The summed E-state index contributed by atoms with van der Waals surface area (Å²) in [5.74, 6) is 2.06. The van der Waals surface area contributed by atoms with Crippen molar-refractivity contribution in [2.24, 2.45) is 0 Å². The molecule has 0 radical (unpaired) electrons. The summed E-state index contributed by atoms with van der Waals surface area (Å²) in [7, 11) is 0. The van der Waals surface area contributed by atoms with Crippen molar-refractivity contribution in [2.45, 2.75) is 33.6 Å².